The van der Waals surface area contributed by atoms with Crippen LogP contribution >= 0.6 is 34.8 Å². The van der Waals surface area contributed by atoms with E-state index in [2.05, 4.69) is 10.1 Å². The van der Waals surface area contributed by atoms with Crippen LogP contribution in [0.3, 0.4) is 0 Å². The zero-order chi connectivity index (χ0) is 14.2. The van der Waals surface area contributed by atoms with Gasteiger partial charge in [0.15, 0.2) is 0 Å². The molecular weight excluding hydrogens is 317 g/mol. The van der Waals surface area contributed by atoms with E-state index in [9.17, 15) is 0 Å². The van der Waals surface area contributed by atoms with Crippen molar-refractivity contribution < 1.29 is 0 Å². The number of rotatable bonds is 5. The molecule has 1 fully saturated rings. The Labute approximate surface area is 132 Å². The van der Waals surface area contributed by atoms with Crippen LogP contribution in [0, 0.1) is 5.92 Å². The molecular formula is C14H14Cl3N3. The van der Waals surface area contributed by atoms with E-state index in [1.807, 2.05) is 16.8 Å². The van der Waals surface area contributed by atoms with Gasteiger partial charge in [-0.05, 0) is 37.0 Å². The first-order valence-corrected chi connectivity index (χ1v) is 7.65. The van der Waals surface area contributed by atoms with Gasteiger partial charge in [0.1, 0.15) is 12.7 Å². The first-order chi connectivity index (χ1) is 9.57. The minimum absolute atomic E-state index is 0.130. The van der Waals surface area contributed by atoms with Gasteiger partial charge in [-0.2, -0.15) is 5.10 Å². The van der Waals surface area contributed by atoms with Gasteiger partial charge in [-0.1, -0.05) is 29.3 Å². The van der Waals surface area contributed by atoms with E-state index in [4.69, 9.17) is 34.8 Å². The lowest BCUT2D eigenvalue weighted by molar-refractivity contribution is 0.388. The molecule has 1 aliphatic rings. The van der Waals surface area contributed by atoms with Crippen molar-refractivity contribution in [2.24, 2.45) is 5.92 Å². The molecule has 1 saturated carbocycles. The van der Waals surface area contributed by atoms with Crippen LogP contribution < -0.4 is 0 Å². The van der Waals surface area contributed by atoms with Gasteiger partial charge in [0.05, 0.1) is 0 Å². The fourth-order valence-electron chi connectivity index (χ4n) is 2.44. The van der Waals surface area contributed by atoms with Gasteiger partial charge in [0.25, 0.3) is 0 Å². The van der Waals surface area contributed by atoms with E-state index in [-0.39, 0.29) is 10.8 Å². The van der Waals surface area contributed by atoms with Crippen LogP contribution in [0.4, 0.5) is 0 Å². The molecule has 0 amide bonds. The Morgan fingerprint density at radius 2 is 2.10 bits per heavy atom. The van der Waals surface area contributed by atoms with Crippen LogP contribution in [0.15, 0.2) is 30.9 Å². The van der Waals surface area contributed by atoms with Gasteiger partial charge in [0, 0.05) is 27.4 Å². The highest BCUT2D eigenvalue weighted by molar-refractivity contribution is 6.35. The second-order valence-electron chi connectivity index (χ2n) is 5.29. The molecule has 1 aromatic heterocycles. The lowest BCUT2D eigenvalue weighted by atomic mass is 9.94. The Balaban J connectivity index is 1.79. The molecule has 2 aromatic rings. The maximum absolute atomic E-state index is 6.63. The Bertz CT molecular complexity index is 594. The molecule has 1 heterocycles. The fourth-order valence-corrected chi connectivity index (χ4v) is 3.17. The molecule has 3 rings (SSSR count). The zero-order valence-corrected chi connectivity index (χ0v) is 13.0. The van der Waals surface area contributed by atoms with Crippen molar-refractivity contribution in [3.8, 4) is 0 Å². The monoisotopic (exact) mass is 329 g/mol. The number of alkyl halides is 1. The number of nitrogens with zero attached hydrogens (tertiary/aromatic N) is 3. The predicted molar refractivity (Wildman–Crippen MR) is 81.5 cm³/mol. The van der Waals surface area contributed by atoms with Gasteiger partial charge in [-0.3, -0.25) is 4.68 Å². The van der Waals surface area contributed by atoms with Gasteiger partial charge < -0.3 is 0 Å². The zero-order valence-electron chi connectivity index (χ0n) is 10.8. The molecule has 0 aliphatic heterocycles. The summed E-state index contributed by atoms with van der Waals surface area (Å²) in [5.74, 6) is 0.282. The number of hydrogen-bond acceptors (Lipinski definition) is 2. The van der Waals surface area contributed by atoms with Crippen LogP contribution in [-0.2, 0) is 13.0 Å². The lowest BCUT2D eigenvalue weighted by Crippen LogP contribution is -2.25. The van der Waals surface area contributed by atoms with Crippen LogP contribution in [0.1, 0.15) is 18.4 Å². The third kappa shape index (κ3) is 3.11. The average molecular weight is 331 g/mol. The molecule has 0 saturated heterocycles. The Hall–Kier alpha value is -0.770. The standard InChI is InChI=1S/C14H14Cl3N3/c15-12-2-1-10(13(16)6-12)5-11(14(17)3-4-14)7-20-9-18-8-19-20/h1-2,6,8-9,11H,3-5,7H2. The van der Waals surface area contributed by atoms with Crippen molar-refractivity contribution in [3.63, 3.8) is 0 Å². The molecule has 1 unspecified atom stereocenters. The van der Waals surface area contributed by atoms with Gasteiger partial charge in [-0.15, -0.1) is 11.6 Å². The van der Waals surface area contributed by atoms with E-state index < -0.39 is 0 Å². The summed E-state index contributed by atoms with van der Waals surface area (Å²) in [6, 6.07) is 5.61. The maximum Gasteiger partial charge on any atom is 0.137 e. The molecule has 1 aliphatic carbocycles. The summed E-state index contributed by atoms with van der Waals surface area (Å²) in [5, 5.41) is 5.52. The third-order valence-corrected chi connectivity index (χ3v) is 5.09. The van der Waals surface area contributed by atoms with Gasteiger partial charge in [-0.25, -0.2) is 4.98 Å². The van der Waals surface area contributed by atoms with Gasteiger partial charge in [0.2, 0.25) is 0 Å². The Kier molecular flexibility index (Phi) is 3.93. The molecule has 0 N–H and O–H groups in total. The minimum atomic E-state index is -0.130. The minimum Gasteiger partial charge on any atom is -0.253 e. The highest BCUT2D eigenvalue weighted by atomic mass is 35.5. The molecule has 20 heavy (non-hydrogen) atoms. The fraction of sp³-hybridized carbons (Fsp3) is 0.429. The molecule has 0 spiro atoms. The maximum atomic E-state index is 6.63. The highest BCUT2D eigenvalue weighted by Crippen LogP contribution is 2.50. The molecule has 6 heteroatoms. The van der Waals surface area contributed by atoms with Crippen LogP contribution in [-0.4, -0.2) is 19.6 Å². The second kappa shape index (κ2) is 5.55. The quantitative estimate of drug-likeness (QED) is 0.769. The molecule has 0 bridgehead atoms. The number of benzene rings is 1. The molecule has 0 radical (unpaired) electrons. The van der Waals surface area contributed by atoms with E-state index in [0.717, 1.165) is 31.4 Å². The van der Waals surface area contributed by atoms with Crippen molar-refractivity contribution in [2.75, 3.05) is 0 Å². The predicted octanol–water partition coefficient (Wildman–Crippen LogP) is 4.22. The van der Waals surface area contributed by atoms with Crippen LogP contribution in [0.25, 0.3) is 0 Å². The SMILES string of the molecule is Clc1ccc(CC(Cn2cncn2)C2(Cl)CC2)c(Cl)c1. The second-order valence-corrected chi connectivity index (χ2v) is 6.89. The smallest absolute Gasteiger partial charge is 0.137 e. The van der Waals surface area contributed by atoms with E-state index in [1.165, 1.54) is 0 Å². The summed E-state index contributed by atoms with van der Waals surface area (Å²) in [6.07, 6.45) is 6.16. The number of aromatic nitrogens is 3. The topological polar surface area (TPSA) is 30.7 Å². The first kappa shape index (κ1) is 14.2. The normalized spacial score (nSPS) is 17.9. The summed E-state index contributed by atoms with van der Waals surface area (Å²) >= 11 is 18.8. The molecule has 1 atom stereocenters. The van der Waals surface area contributed by atoms with Crippen molar-refractivity contribution in [3.05, 3.63) is 46.5 Å². The Morgan fingerprint density at radius 3 is 2.70 bits per heavy atom. The van der Waals surface area contributed by atoms with E-state index in [1.54, 1.807) is 18.7 Å². The number of hydrogen-bond donors (Lipinski definition) is 0. The number of halogens is 3. The van der Waals surface area contributed by atoms with Gasteiger partial charge >= 0.3 is 0 Å². The molecule has 3 nitrogen and oxygen atoms in total. The van der Waals surface area contributed by atoms with Crippen molar-refractivity contribution in [1.82, 2.24) is 14.8 Å². The largest absolute Gasteiger partial charge is 0.253 e. The average Bonchev–Trinajstić information content (AvgIpc) is 2.96. The third-order valence-electron chi connectivity index (χ3n) is 3.81. The van der Waals surface area contributed by atoms with Crippen LogP contribution in [0.5, 0.6) is 0 Å². The summed E-state index contributed by atoms with van der Waals surface area (Å²) in [6.45, 7) is 0.752. The lowest BCUT2D eigenvalue weighted by Gasteiger charge is -2.22. The van der Waals surface area contributed by atoms with E-state index in [0.29, 0.717) is 10.0 Å². The van der Waals surface area contributed by atoms with Crippen molar-refractivity contribution in [1.29, 1.82) is 0 Å². The summed E-state index contributed by atoms with van der Waals surface area (Å²) < 4.78 is 1.83. The first-order valence-electron chi connectivity index (χ1n) is 6.52. The highest BCUT2D eigenvalue weighted by Gasteiger charge is 2.47. The van der Waals surface area contributed by atoms with Crippen LogP contribution in [0.2, 0.25) is 10.0 Å². The summed E-state index contributed by atoms with van der Waals surface area (Å²) in [7, 11) is 0. The van der Waals surface area contributed by atoms with E-state index >= 15 is 0 Å². The summed E-state index contributed by atoms with van der Waals surface area (Å²) in [5.41, 5.74) is 1.08. The molecule has 106 valence electrons. The van der Waals surface area contributed by atoms with Crippen molar-refractivity contribution >= 4 is 34.8 Å². The van der Waals surface area contributed by atoms with Crippen molar-refractivity contribution in [2.45, 2.75) is 30.7 Å². The summed E-state index contributed by atoms with van der Waals surface area (Å²) in [4.78, 5) is 3.85. The molecule has 1 aromatic carbocycles. The Morgan fingerprint density at radius 1 is 1.30 bits per heavy atom.